The summed E-state index contributed by atoms with van der Waals surface area (Å²) in [5.74, 6) is 1.83. The predicted octanol–water partition coefficient (Wildman–Crippen LogP) is 3.17. The van der Waals surface area contributed by atoms with Gasteiger partial charge in [-0.05, 0) is 73.5 Å². The SMILES string of the molecule is CN1CCc2cc(Nc3ncc4c(=O)n5n(c4n3)-c3ccc4c(n3)N(CC3(C/C=C\C5)CC3)C(=O)CO4)ccc2C1. The Hall–Kier alpha value is -4.51. The third-order valence-corrected chi connectivity index (χ3v) is 8.74. The number of rotatable bonds is 2. The molecule has 8 rings (SSSR count). The number of aromatic nitrogens is 5. The van der Waals surface area contributed by atoms with Crippen LogP contribution >= 0.6 is 0 Å². The molecule has 2 bridgehead atoms. The molecule has 1 saturated carbocycles. The summed E-state index contributed by atoms with van der Waals surface area (Å²) in [7, 11) is 2.13. The molecule has 4 aromatic rings. The van der Waals surface area contributed by atoms with Crippen LogP contribution in [0.15, 0.2) is 53.5 Å². The first-order valence-electron chi connectivity index (χ1n) is 14.1. The van der Waals surface area contributed by atoms with Gasteiger partial charge in [0.05, 0.1) is 6.54 Å². The number of nitrogens with zero attached hydrogens (tertiary/aromatic N) is 7. The molecule has 1 aliphatic carbocycles. The first-order valence-corrected chi connectivity index (χ1v) is 14.1. The minimum Gasteiger partial charge on any atom is -0.480 e. The second-order valence-corrected chi connectivity index (χ2v) is 11.7. The van der Waals surface area contributed by atoms with Crippen molar-refractivity contribution in [1.29, 1.82) is 0 Å². The van der Waals surface area contributed by atoms with Crippen molar-refractivity contribution < 1.29 is 9.53 Å². The van der Waals surface area contributed by atoms with Gasteiger partial charge in [0.2, 0.25) is 5.95 Å². The van der Waals surface area contributed by atoms with E-state index in [2.05, 4.69) is 40.5 Å². The number of carbonyl (C=O) groups excluding carboxylic acids is 1. The van der Waals surface area contributed by atoms with Gasteiger partial charge in [0.1, 0.15) is 5.39 Å². The number of fused-ring (bicyclic) bond motifs is 6. The zero-order valence-corrected chi connectivity index (χ0v) is 22.8. The summed E-state index contributed by atoms with van der Waals surface area (Å²) >= 11 is 0. The second kappa shape index (κ2) is 9.00. The molecule has 0 radical (unpaired) electrons. The molecule has 3 aromatic heterocycles. The van der Waals surface area contributed by atoms with Crippen LogP contribution in [0.2, 0.25) is 0 Å². The van der Waals surface area contributed by atoms with E-state index in [-0.39, 0.29) is 23.5 Å². The maximum Gasteiger partial charge on any atom is 0.278 e. The number of carbonyl (C=O) groups is 1. The van der Waals surface area contributed by atoms with E-state index in [9.17, 15) is 9.59 Å². The zero-order chi connectivity index (χ0) is 27.7. The minimum absolute atomic E-state index is 0.00124. The molecule has 1 fully saturated rings. The molecule has 1 aromatic carbocycles. The van der Waals surface area contributed by atoms with Crippen LogP contribution in [0.3, 0.4) is 0 Å². The van der Waals surface area contributed by atoms with Crippen LogP contribution in [0, 0.1) is 5.41 Å². The Kier molecular flexibility index (Phi) is 5.33. The van der Waals surface area contributed by atoms with Crippen LogP contribution in [0.5, 0.6) is 5.75 Å². The van der Waals surface area contributed by atoms with Crippen molar-refractivity contribution in [3.05, 3.63) is 70.2 Å². The van der Waals surface area contributed by atoms with E-state index < -0.39 is 0 Å². The average Bonchev–Trinajstić information content (AvgIpc) is 3.69. The van der Waals surface area contributed by atoms with Crippen LogP contribution in [0.1, 0.15) is 30.4 Å². The van der Waals surface area contributed by atoms with Gasteiger partial charge in [0, 0.05) is 31.5 Å². The Morgan fingerprint density at radius 3 is 2.83 bits per heavy atom. The third-order valence-electron chi connectivity index (χ3n) is 8.74. The van der Waals surface area contributed by atoms with Crippen LogP contribution in [0.4, 0.5) is 17.5 Å². The monoisotopic (exact) mass is 550 g/mol. The fraction of sp³-hybridized carbons (Fsp3) is 0.367. The van der Waals surface area contributed by atoms with Crippen LogP contribution in [-0.2, 0) is 24.3 Å². The molecule has 41 heavy (non-hydrogen) atoms. The lowest BCUT2D eigenvalue weighted by Crippen LogP contribution is -2.43. The lowest BCUT2D eigenvalue weighted by Gasteiger charge is -2.31. The smallest absolute Gasteiger partial charge is 0.278 e. The fourth-order valence-electron chi connectivity index (χ4n) is 6.18. The van der Waals surface area contributed by atoms with Gasteiger partial charge in [0.25, 0.3) is 11.5 Å². The molecule has 11 nitrogen and oxygen atoms in total. The van der Waals surface area contributed by atoms with E-state index in [4.69, 9.17) is 14.7 Å². The van der Waals surface area contributed by atoms with Crippen molar-refractivity contribution >= 4 is 34.4 Å². The highest BCUT2D eigenvalue weighted by Gasteiger charge is 2.45. The van der Waals surface area contributed by atoms with Gasteiger partial charge in [0.15, 0.2) is 29.6 Å². The molecule has 1 spiro atoms. The lowest BCUT2D eigenvalue weighted by molar-refractivity contribution is -0.121. The van der Waals surface area contributed by atoms with Gasteiger partial charge >= 0.3 is 0 Å². The third kappa shape index (κ3) is 4.10. The number of benzene rings is 1. The Balaban J connectivity index is 1.24. The van der Waals surface area contributed by atoms with E-state index in [0.29, 0.717) is 47.5 Å². The standard InChI is InChI=1S/C30H30N8O3/c1-35-13-8-19-14-21(5-4-20(19)16-35)32-29-31-15-22-26(34-29)38-24-7-6-23-27(33-24)36(25(39)17-41-23)18-30(10-11-30)9-2-3-12-37(38)28(22)40/h2-7,14-15H,8-13,16-18H2,1H3,(H,31,32,34)/b3-2-. The molecule has 1 amide bonds. The second-order valence-electron chi connectivity index (χ2n) is 11.7. The molecule has 0 atom stereocenters. The highest BCUT2D eigenvalue weighted by molar-refractivity contribution is 5.97. The summed E-state index contributed by atoms with van der Waals surface area (Å²) in [5.41, 5.74) is 3.84. The highest BCUT2D eigenvalue weighted by atomic mass is 16.5. The van der Waals surface area contributed by atoms with E-state index in [0.717, 1.165) is 44.5 Å². The van der Waals surface area contributed by atoms with Crippen molar-refractivity contribution in [1.82, 2.24) is 29.2 Å². The Bertz CT molecular complexity index is 1820. The normalized spacial score (nSPS) is 20.0. The van der Waals surface area contributed by atoms with Gasteiger partial charge in [-0.3, -0.25) is 14.5 Å². The molecule has 0 unspecified atom stereocenters. The highest BCUT2D eigenvalue weighted by Crippen LogP contribution is 2.51. The van der Waals surface area contributed by atoms with Crippen molar-refractivity contribution in [2.75, 3.05) is 37.0 Å². The van der Waals surface area contributed by atoms with E-state index in [1.54, 1.807) is 26.5 Å². The Morgan fingerprint density at radius 1 is 1.05 bits per heavy atom. The number of likely N-dealkylation sites (N-methyl/N-ethyl adjacent to an activating group) is 1. The van der Waals surface area contributed by atoms with E-state index in [1.807, 2.05) is 18.2 Å². The van der Waals surface area contributed by atoms with E-state index in [1.165, 1.54) is 11.1 Å². The van der Waals surface area contributed by atoms with Gasteiger partial charge < -0.3 is 15.0 Å². The van der Waals surface area contributed by atoms with Crippen LogP contribution in [0.25, 0.3) is 16.9 Å². The number of hydrogen-bond donors (Lipinski definition) is 1. The number of ether oxygens (including phenoxy) is 1. The van der Waals surface area contributed by atoms with Gasteiger partial charge in [-0.1, -0.05) is 18.2 Å². The van der Waals surface area contributed by atoms with Crippen molar-refractivity contribution in [2.24, 2.45) is 5.41 Å². The maximum atomic E-state index is 13.6. The molecule has 208 valence electrons. The van der Waals surface area contributed by atoms with Crippen molar-refractivity contribution in [3.63, 3.8) is 0 Å². The van der Waals surface area contributed by atoms with E-state index >= 15 is 0 Å². The quantitative estimate of drug-likeness (QED) is 0.379. The number of allylic oxidation sites excluding steroid dienone is 2. The van der Waals surface area contributed by atoms with Crippen LogP contribution in [-0.4, -0.2) is 61.9 Å². The lowest BCUT2D eigenvalue weighted by atomic mass is 9.99. The topological polar surface area (TPSA) is 110 Å². The number of pyridine rings is 1. The predicted molar refractivity (Wildman–Crippen MR) is 154 cm³/mol. The molecule has 1 N–H and O–H groups in total. The summed E-state index contributed by atoms with van der Waals surface area (Å²) in [6, 6.07) is 9.97. The summed E-state index contributed by atoms with van der Waals surface area (Å²) in [6.45, 7) is 2.94. The fourth-order valence-corrected chi connectivity index (χ4v) is 6.18. The average molecular weight is 551 g/mol. The number of hydrogen-bond acceptors (Lipinski definition) is 8. The van der Waals surface area contributed by atoms with Gasteiger partial charge in [-0.15, -0.1) is 0 Å². The first-order chi connectivity index (χ1) is 20.0. The van der Waals surface area contributed by atoms with Crippen LogP contribution < -0.4 is 20.5 Å². The van der Waals surface area contributed by atoms with Gasteiger partial charge in [-0.25, -0.2) is 19.3 Å². The van der Waals surface area contributed by atoms with Gasteiger partial charge in [-0.2, -0.15) is 4.98 Å². The minimum atomic E-state index is -0.198. The number of amides is 1. The molecule has 0 saturated heterocycles. The summed E-state index contributed by atoms with van der Waals surface area (Å²) in [6.07, 6.45) is 9.67. The number of anilines is 3. The molecular formula is C30H30N8O3. The summed E-state index contributed by atoms with van der Waals surface area (Å²) in [5, 5.41) is 3.74. The summed E-state index contributed by atoms with van der Waals surface area (Å²) in [4.78, 5) is 44.9. The molecule has 6 heterocycles. The molecule has 3 aliphatic heterocycles. The maximum absolute atomic E-state index is 13.6. The Labute approximate surface area is 236 Å². The zero-order valence-electron chi connectivity index (χ0n) is 22.8. The number of nitrogens with one attached hydrogen (secondary N) is 1. The molecule has 11 heteroatoms. The largest absolute Gasteiger partial charge is 0.480 e. The van der Waals surface area contributed by atoms with Crippen molar-refractivity contribution in [2.45, 2.75) is 38.8 Å². The molecular weight excluding hydrogens is 520 g/mol. The first kappa shape index (κ1) is 24.3. The Morgan fingerprint density at radius 2 is 1.95 bits per heavy atom. The van der Waals surface area contributed by atoms with Crippen molar-refractivity contribution in [3.8, 4) is 11.6 Å². The summed E-state index contributed by atoms with van der Waals surface area (Å²) < 4.78 is 9.09. The molecule has 4 aliphatic rings.